The van der Waals surface area contributed by atoms with E-state index in [9.17, 15) is 26.7 Å². The summed E-state index contributed by atoms with van der Waals surface area (Å²) in [7, 11) is 0. The van der Waals surface area contributed by atoms with E-state index >= 15 is 0 Å². The molecule has 0 radical (unpaired) electrons. The molecule has 1 aliphatic rings. The second-order valence-electron chi connectivity index (χ2n) is 9.68. The minimum absolute atomic E-state index is 0.0547. The van der Waals surface area contributed by atoms with Gasteiger partial charge >= 0.3 is 12.8 Å². The van der Waals surface area contributed by atoms with E-state index in [1.54, 1.807) is 13.8 Å². The molecule has 3 rings (SSSR count). The number of aromatic nitrogens is 3. The summed E-state index contributed by atoms with van der Waals surface area (Å²) >= 11 is 0. The molecule has 1 saturated carbocycles. The number of carbonyl (C=O) groups excluding carboxylic acids is 1. The van der Waals surface area contributed by atoms with Crippen molar-refractivity contribution in [2.24, 2.45) is 17.8 Å². The molecule has 0 aliphatic heterocycles. The monoisotopic (exact) mass is 516 g/mol. The Morgan fingerprint density at radius 2 is 1.92 bits per heavy atom. The molecule has 0 saturated heterocycles. The highest BCUT2D eigenvalue weighted by Crippen LogP contribution is 2.32. The van der Waals surface area contributed by atoms with Crippen LogP contribution >= 0.6 is 0 Å². The molecule has 0 unspecified atom stereocenters. The van der Waals surface area contributed by atoms with Gasteiger partial charge in [0.15, 0.2) is 11.6 Å². The molecule has 0 bridgehead atoms. The topological polar surface area (TPSA) is 69.0 Å². The van der Waals surface area contributed by atoms with Gasteiger partial charge in [0.25, 0.3) is 5.91 Å². The molecule has 2 heterocycles. The third-order valence-corrected chi connectivity index (χ3v) is 6.81. The van der Waals surface area contributed by atoms with Crippen molar-refractivity contribution >= 4 is 5.91 Å². The van der Waals surface area contributed by atoms with E-state index in [2.05, 4.69) is 26.9 Å². The van der Waals surface area contributed by atoms with Gasteiger partial charge in [0.2, 0.25) is 0 Å². The molecular formula is C25H33F5N4O2. The van der Waals surface area contributed by atoms with E-state index in [0.717, 1.165) is 38.7 Å². The third kappa shape index (κ3) is 6.73. The summed E-state index contributed by atoms with van der Waals surface area (Å²) in [5.41, 5.74) is 0.634. The van der Waals surface area contributed by atoms with Crippen molar-refractivity contribution in [1.29, 1.82) is 0 Å². The number of pyridine rings is 1. The standard InChI is InChI=1S/C25H33F5N4O2/c1-5-20-33-21(23(35)32-12-17-8-6-14(2)7-9-17)16(4)34(20)22-19(36-24(26)27)11-18(13-31-22)10-15(3)25(28,29)30/h11,13-15,17,24H,5-10,12H2,1-4H3,(H,32,35)/t14?,15-,17?/m0/s1. The predicted molar refractivity (Wildman–Crippen MR) is 124 cm³/mol. The molecule has 2 aromatic heterocycles. The lowest BCUT2D eigenvalue weighted by molar-refractivity contribution is -0.169. The van der Waals surface area contributed by atoms with Gasteiger partial charge in [-0.15, -0.1) is 0 Å². The Morgan fingerprint density at radius 3 is 2.50 bits per heavy atom. The highest BCUT2D eigenvalue weighted by atomic mass is 19.4. The van der Waals surface area contributed by atoms with Crippen LogP contribution in [0.25, 0.3) is 5.82 Å². The van der Waals surface area contributed by atoms with Gasteiger partial charge in [-0.05, 0) is 49.7 Å². The average Bonchev–Trinajstić information content (AvgIpc) is 3.14. The Balaban J connectivity index is 1.89. The maximum absolute atomic E-state index is 13.2. The van der Waals surface area contributed by atoms with Gasteiger partial charge in [-0.3, -0.25) is 9.36 Å². The zero-order valence-electron chi connectivity index (χ0n) is 21.0. The highest BCUT2D eigenvalue weighted by Gasteiger charge is 2.36. The number of ether oxygens (including phenoxy) is 1. The number of hydrogen-bond donors (Lipinski definition) is 1. The number of carbonyl (C=O) groups is 1. The predicted octanol–water partition coefficient (Wildman–Crippen LogP) is 6.04. The quantitative estimate of drug-likeness (QED) is 0.413. The van der Waals surface area contributed by atoms with Gasteiger partial charge in [0.1, 0.15) is 11.5 Å². The summed E-state index contributed by atoms with van der Waals surface area (Å²) in [4.78, 5) is 21.5. The molecule has 1 fully saturated rings. The maximum Gasteiger partial charge on any atom is 0.391 e. The SMILES string of the molecule is CCc1nc(C(=O)NCC2CCC(C)CC2)c(C)n1-c1ncc(C[C@H](C)C(F)(F)F)cc1OC(F)F. The fraction of sp³-hybridized carbons (Fsp3) is 0.640. The first-order valence-corrected chi connectivity index (χ1v) is 12.3. The molecule has 0 aromatic carbocycles. The third-order valence-electron chi connectivity index (χ3n) is 6.81. The second kappa shape index (κ2) is 11.6. The van der Waals surface area contributed by atoms with Gasteiger partial charge in [-0.25, -0.2) is 9.97 Å². The summed E-state index contributed by atoms with van der Waals surface area (Å²) in [6, 6.07) is 1.14. The molecule has 1 amide bonds. The minimum Gasteiger partial charge on any atom is -0.431 e. The Hall–Kier alpha value is -2.72. The van der Waals surface area contributed by atoms with Gasteiger partial charge in [0.05, 0.1) is 11.6 Å². The second-order valence-corrected chi connectivity index (χ2v) is 9.68. The molecule has 11 heteroatoms. The van der Waals surface area contributed by atoms with Crippen LogP contribution in [0.3, 0.4) is 0 Å². The highest BCUT2D eigenvalue weighted by molar-refractivity contribution is 5.93. The van der Waals surface area contributed by atoms with Crippen LogP contribution in [-0.2, 0) is 12.8 Å². The molecule has 36 heavy (non-hydrogen) atoms. The smallest absolute Gasteiger partial charge is 0.391 e. The molecule has 1 aliphatic carbocycles. The molecule has 1 atom stereocenters. The zero-order valence-corrected chi connectivity index (χ0v) is 21.0. The Kier molecular flexibility index (Phi) is 8.94. The van der Waals surface area contributed by atoms with Crippen molar-refractivity contribution in [3.8, 4) is 11.6 Å². The molecular weight excluding hydrogens is 483 g/mol. The summed E-state index contributed by atoms with van der Waals surface area (Å²) in [6.45, 7) is 3.96. The normalized spacial score (nSPS) is 19.4. The van der Waals surface area contributed by atoms with E-state index in [1.807, 2.05) is 0 Å². The van der Waals surface area contributed by atoms with Crippen LogP contribution < -0.4 is 10.1 Å². The van der Waals surface area contributed by atoms with Gasteiger partial charge in [-0.2, -0.15) is 22.0 Å². The molecule has 1 N–H and O–H groups in total. The number of nitrogens with zero attached hydrogens (tertiary/aromatic N) is 3. The Labute approximate surface area is 207 Å². The Bertz CT molecular complexity index is 1050. The number of rotatable bonds is 9. The van der Waals surface area contributed by atoms with Gasteiger partial charge in [-0.1, -0.05) is 33.6 Å². The number of alkyl halides is 5. The minimum atomic E-state index is -4.43. The summed E-state index contributed by atoms with van der Waals surface area (Å²) < 4.78 is 71.5. The van der Waals surface area contributed by atoms with Crippen LogP contribution in [0.5, 0.6) is 5.75 Å². The first-order valence-electron chi connectivity index (χ1n) is 12.3. The number of amides is 1. The average molecular weight is 517 g/mol. The van der Waals surface area contributed by atoms with E-state index in [1.165, 1.54) is 10.8 Å². The van der Waals surface area contributed by atoms with E-state index in [0.29, 0.717) is 36.3 Å². The number of hydrogen-bond acceptors (Lipinski definition) is 4. The molecule has 6 nitrogen and oxygen atoms in total. The van der Waals surface area contributed by atoms with E-state index < -0.39 is 25.1 Å². The van der Waals surface area contributed by atoms with E-state index in [4.69, 9.17) is 0 Å². The van der Waals surface area contributed by atoms with Crippen molar-refractivity contribution < 1.29 is 31.5 Å². The van der Waals surface area contributed by atoms with Crippen molar-refractivity contribution in [2.45, 2.75) is 79.0 Å². The lowest BCUT2D eigenvalue weighted by atomic mass is 9.83. The van der Waals surface area contributed by atoms with Crippen LogP contribution in [0.4, 0.5) is 22.0 Å². The molecule has 200 valence electrons. The number of halogens is 5. The maximum atomic E-state index is 13.2. The fourth-order valence-corrected chi connectivity index (χ4v) is 4.56. The van der Waals surface area contributed by atoms with Crippen molar-refractivity contribution in [3.05, 3.63) is 35.0 Å². The summed E-state index contributed by atoms with van der Waals surface area (Å²) in [5, 5.41) is 2.94. The zero-order chi connectivity index (χ0) is 26.6. The van der Waals surface area contributed by atoms with Crippen molar-refractivity contribution in [3.63, 3.8) is 0 Å². The van der Waals surface area contributed by atoms with Crippen LogP contribution in [-0.4, -0.2) is 39.8 Å². The van der Waals surface area contributed by atoms with Gasteiger partial charge < -0.3 is 10.1 Å². The Morgan fingerprint density at radius 1 is 1.25 bits per heavy atom. The first-order chi connectivity index (χ1) is 16.9. The first kappa shape index (κ1) is 27.9. The van der Waals surface area contributed by atoms with Crippen molar-refractivity contribution in [1.82, 2.24) is 19.9 Å². The van der Waals surface area contributed by atoms with E-state index in [-0.39, 0.29) is 28.7 Å². The van der Waals surface area contributed by atoms with Crippen LogP contribution in [0.15, 0.2) is 12.3 Å². The van der Waals surface area contributed by atoms with Crippen LogP contribution in [0, 0.1) is 24.7 Å². The summed E-state index contributed by atoms with van der Waals surface area (Å²) in [5.74, 6) is -0.997. The largest absolute Gasteiger partial charge is 0.431 e. The lowest BCUT2D eigenvalue weighted by Crippen LogP contribution is -2.31. The van der Waals surface area contributed by atoms with Crippen molar-refractivity contribution in [2.75, 3.05) is 6.54 Å². The lowest BCUT2D eigenvalue weighted by Gasteiger charge is -2.26. The fourth-order valence-electron chi connectivity index (χ4n) is 4.56. The summed E-state index contributed by atoms with van der Waals surface area (Å²) in [6.07, 6.45) is 1.05. The number of aryl methyl sites for hydroxylation is 1. The number of imidazole rings is 1. The van der Waals surface area contributed by atoms with Gasteiger partial charge in [0, 0.05) is 19.2 Å². The van der Waals surface area contributed by atoms with Crippen LogP contribution in [0.1, 0.15) is 74.0 Å². The number of nitrogens with one attached hydrogen (secondary N) is 1. The molecule has 2 aromatic rings. The van der Waals surface area contributed by atoms with Crippen LogP contribution in [0.2, 0.25) is 0 Å². The molecule has 0 spiro atoms.